The van der Waals surface area contributed by atoms with Gasteiger partial charge in [0.05, 0.1) is 36.5 Å². The second-order valence-electron chi connectivity index (χ2n) is 4.80. The number of carbonyl (C=O) groups is 2. The lowest BCUT2D eigenvalue weighted by Gasteiger charge is -2.19. The van der Waals surface area contributed by atoms with Gasteiger partial charge in [0.2, 0.25) is 0 Å². The van der Waals surface area contributed by atoms with Crippen molar-refractivity contribution in [1.29, 1.82) is 0 Å². The van der Waals surface area contributed by atoms with Crippen molar-refractivity contribution in [1.82, 2.24) is 4.90 Å². The molecule has 1 aliphatic rings. The third kappa shape index (κ3) is 2.83. The van der Waals surface area contributed by atoms with Crippen molar-refractivity contribution in [3.63, 3.8) is 0 Å². The molecule has 0 radical (unpaired) electrons. The van der Waals surface area contributed by atoms with Crippen LogP contribution in [0.1, 0.15) is 34.6 Å². The minimum atomic E-state index is -0.871. The van der Waals surface area contributed by atoms with E-state index in [0.29, 0.717) is 11.1 Å². The average molecular weight is 263 g/mol. The van der Waals surface area contributed by atoms with Crippen molar-refractivity contribution < 1.29 is 19.4 Å². The maximum absolute atomic E-state index is 12.0. The number of aliphatic hydroxyl groups is 1. The predicted octanol–water partition coefficient (Wildman–Crippen LogP) is 1.07. The van der Waals surface area contributed by atoms with E-state index in [1.807, 2.05) is 13.8 Å². The van der Waals surface area contributed by atoms with Gasteiger partial charge in [-0.15, -0.1) is 0 Å². The van der Waals surface area contributed by atoms with Crippen molar-refractivity contribution in [2.45, 2.75) is 26.1 Å². The highest BCUT2D eigenvalue weighted by Crippen LogP contribution is 2.22. The maximum atomic E-state index is 12.0. The fraction of sp³-hybridized carbons (Fsp3) is 0.429. The van der Waals surface area contributed by atoms with Crippen LogP contribution < -0.4 is 0 Å². The molecule has 102 valence electrons. The third-order valence-electron chi connectivity index (χ3n) is 2.89. The zero-order valence-electron chi connectivity index (χ0n) is 11.0. The SMILES string of the molecule is CC(C)OCC(O)CN1C(=O)c2ccccc2C1=O. The molecular weight excluding hydrogens is 246 g/mol. The maximum Gasteiger partial charge on any atom is 0.261 e. The average Bonchev–Trinajstić information content (AvgIpc) is 2.62. The Hall–Kier alpha value is -1.72. The largest absolute Gasteiger partial charge is 0.389 e. The molecule has 5 heteroatoms. The Labute approximate surface area is 111 Å². The Morgan fingerprint density at radius 2 is 1.68 bits per heavy atom. The molecule has 2 amide bonds. The number of carbonyl (C=O) groups excluding carboxylic acids is 2. The molecule has 1 aromatic carbocycles. The zero-order valence-corrected chi connectivity index (χ0v) is 11.0. The smallest absolute Gasteiger partial charge is 0.261 e. The van der Waals surface area contributed by atoms with E-state index in [9.17, 15) is 14.7 Å². The molecule has 19 heavy (non-hydrogen) atoms. The van der Waals surface area contributed by atoms with Crippen molar-refractivity contribution in [3.8, 4) is 0 Å². The normalized spacial score (nSPS) is 16.1. The van der Waals surface area contributed by atoms with Gasteiger partial charge in [0, 0.05) is 0 Å². The Morgan fingerprint density at radius 3 is 2.16 bits per heavy atom. The van der Waals surface area contributed by atoms with E-state index in [0.717, 1.165) is 4.90 Å². The lowest BCUT2D eigenvalue weighted by Crippen LogP contribution is -2.39. The quantitative estimate of drug-likeness (QED) is 0.807. The summed E-state index contributed by atoms with van der Waals surface area (Å²) in [5.41, 5.74) is 0.786. The van der Waals surface area contributed by atoms with Gasteiger partial charge < -0.3 is 9.84 Å². The summed E-state index contributed by atoms with van der Waals surface area (Å²) in [7, 11) is 0. The molecule has 1 aliphatic heterocycles. The van der Waals surface area contributed by atoms with Crippen molar-refractivity contribution in [2.24, 2.45) is 0 Å². The van der Waals surface area contributed by atoms with Gasteiger partial charge in [-0.1, -0.05) is 12.1 Å². The van der Waals surface area contributed by atoms with Crippen LogP contribution in [0.5, 0.6) is 0 Å². The molecule has 0 saturated carbocycles. The predicted molar refractivity (Wildman–Crippen MR) is 68.9 cm³/mol. The molecule has 0 fully saturated rings. The van der Waals surface area contributed by atoms with Gasteiger partial charge in [-0.05, 0) is 26.0 Å². The minimum Gasteiger partial charge on any atom is -0.389 e. The highest BCUT2D eigenvalue weighted by molar-refractivity contribution is 6.21. The molecular formula is C14H17NO4. The Morgan fingerprint density at radius 1 is 1.16 bits per heavy atom. The van der Waals surface area contributed by atoms with Crippen LogP contribution in [0.4, 0.5) is 0 Å². The number of hydrogen-bond acceptors (Lipinski definition) is 4. The molecule has 1 aromatic rings. The summed E-state index contributed by atoms with van der Waals surface area (Å²) >= 11 is 0. The molecule has 1 atom stereocenters. The molecule has 0 aromatic heterocycles. The fourth-order valence-corrected chi connectivity index (χ4v) is 1.97. The number of fused-ring (bicyclic) bond motifs is 1. The van der Waals surface area contributed by atoms with Crippen molar-refractivity contribution in [2.75, 3.05) is 13.2 Å². The molecule has 0 saturated heterocycles. The van der Waals surface area contributed by atoms with Crippen LogP contribution in [-0.2, 0) is 4.74 Å². The zero-order chi connectivity index (χ0) is 14.0. The van der Waals surface area contributed by atoms with Crippen molar-refractivity contribution in [3.05, 3.63) is 35.4 Å². The minimum absolute atomic E-state index is 0.00294. The van der Waals surface area contributed by atoms with Gasteiger partial charge >= 0.3 is 0 Å². The van der Waals surface area contributed by atoms with Gasteiger partial charge in [-0.3, -0.25) is 14.5 Å². The molecule has 1 N–H and O–H groups in total. The standard InChI is InChI=1S/C14H17NO4/c1-9(2)19-8-10(16)7-15-13(17)11-5-3-4-6-12(11)14(15)18/h3-6,9-10,16H,7-8H2,1-2H3. The van der Waals surface area contributed by atoms with Gasteiger partial charge in [0.1, 0.15) is 0 Å². The summed E-state index contributed by atoms with van der Waals surface area (Å²) in [6.07, 6.45) is -0.874. The first kappa shape index (κ1) is 13.7. The van der Waals surface area contributed by atoms with E-state index in [1.54, 1.807) is 24.3 Å². The monoisotopic (exact) mass is 263 g/mol. The summed E-state index contributed by atoms with van der Waals surface area (Å²) in [6.45, 7) is 3.77. The van der Waals surface area contributed by atoms with E-state index < -0.39 is 6.10 Å². The van der Waals surface area contributed by atoms with Crippen LogP contribution in [0.25, 0.3) is 0 Å². The molecule has 0 aliphatic carbocycles. The van der Waals surface area contributed by atoms with Crippen LogP contribution in [0.15, 0.2) is 24.3 Å². The van der Waals surface area contributed by atoms with Crippen molar-refractivity contribution >= 4 is 11.8 Å². The van der Waals surface area contributed by atoms with E-state index in [2.05, 4.69) is 0 Å². The number of imide groups is 1. The first-order chi connectivity index (χ1) is 9.00. The third-order valence-corrected chi connectivity index (χ3v) is 2.89. The molecule has 1 unspecified atom stereocenters. The van der Waals surface area contributed by atoms with E-state index in [-0.39, 0.29) is 31.1 Å². The van der Waals surface area contributed by atoms with Crippen LogP contribution in [0.2, 0.25) is 0 Å². The van der Waals surface area contributed by atoms with Crippen LogP contribution in [-0.4, -0.2) is 47.2 Å². The number of β-amino-alcohol motifs (C(OH)–C–C–N with tert-alkyl or cyclic N) is 1. The Kier molecular flexibility index (Phi) is 3.97. The number of hydrogen-bond donors (Lipinski definition) is 1. The van der Waals surface area contributed by atoms with E-state index in [4.69, 9.17) is 4.74 Å². The second kappa shape index (κ2) is 5.50. The molecule has 1 heterocycles. The highest BCUT2D eigenvalue weighted by atomic mass is 16.5. The Bertz CT molecular complexity index is 463. The van der Waals surface area contributed by atoms with Gasteiger partial charge in [0.15, 0.2) is 0 Å². The highest BCUT2D eigenvalue weighted by Gasteiger charge is 2.36. The number of benzene rings is 1. The molecule has 2 rings (SSSR count). The number of amides is 2. The van der Waals surface area contributed by atoms with E-state index in [1.165, 1.54) is 0 Å². The van der Waals surface area contributed by atoms with E-state index >= 15 is 0 Å². The van der Waals surface area contributed by atoms with Gasteiger partial charge in [-0.25, -0.2) is 0 Å². The second-order valence-corrected chi connectivity index (χ2v) is 4.80. The number of nitrogens with zero attached hydrogens (tertiary/aromatic N) is 1. The fourth-order valence-electron chi connectivity index (χ4n) is 1.97. The lowest BCUT2D eigenvalue weighted by atomic mass is 10.1. The summed E-state index contributed by atoms with van der Waals surface area (Å²) in [4.78, 5) is 25.1. The van der Waals surface area contributed by atoms with Gasteiger partial charge in [-0.2, -0.15) is 0 Å². The summed E-state index contributed by atoms with van der Waals surface area (Å²) in [6, 6.07) is 6.66. The number of ether oxygens (including phenoxy) is 1. The molecule has 0 spiro atoms. The summed E-state index contributed by atoms with van der Waals surface area (Å²) in [5, 5.41) is 9.80. The van der Waals surface area contributed by atoms with Gasteiger partial charge in [0.25, 0.3) is 11.8 Å². The molecule has 0 bridgehead atoms. The first-order valence-electron chi connectivity index (χ1n) is 6.25. The van der Waals surface area contributed by atoms with Crippen LogP contribution in [0, 0.1) is 0 Å². The number of aliphatic hydroxyl groups excluding tert-OH is 1. The molecule has 5 nitrogen and oxygen atoms in total. The Balaban J connectivity index is 2.04. The summed E-state index contributed by atoms with van der Waals surface area (Å²) < 4.78 is 5.26. The first-order valence-corrected chi connectivity index (χ1v) is 6.25. The van der Waals surface area contributed by atoms with Crippen LogP contribution >= 0.6 is 0 Å². The topological polar surface area (TPSA) is 66.8 Å². The lowest BCUT2D eigenvalue weighted by molar-refractivity contribution is -0.00470. The van der Waals surface area contributed by atoms with Crippen LogP contribution in [0.3, 0.4) is 0 Å². The summed E-state index contributed by atoms with van der Waals surface area (Å²) in [5.74, 6) is -0.714. The number of rotatable bonds is 5.